The Bertz CT molecular complexity index is 4960. The molecule has 0 nitrogen and oxygen atoms in total. The van der Waals surface area contributed by atoms with E-state index >= 15 is 0 Å². The van der Waals surface area contributed by atoms with E-state index in [0.717, 1.165) is 0 Å². The molecule has 0 saturated carbocycles. The number of hydrogen-bond acceptors (Lipinski definition) is 0. The van der Waals surface area contributed by atoms with Crippen molar-refractivity contribution < 1.29 is 0 Å². The van der Waals surface area contributed by atoms with Gasteiger partial charge in [-0.15, -0.1) is 0 Å². The molecule has 0 spiro atoms. The minimum Gasteiger partial charge on any atom is -0.0616 e. The number of hydrogen-bond donors (Lipinski definition) is 0. The van der Waals surface area contributed by atoms with Crippen LogP contribution in [0.5, 0.6) is 0 Å². The van der Waals surface area contributed by atoms with Gasteiger partial charge in [0.25, 0.3) is 0 Å². The fourth-order valence-corrected chi connectivity index (χ4v) is 13.0. The number of fused-ring (bicyclic) bond motifs is 10. The van der Waals surface area contributed by atoms with Crippen molar-refractivity contribution in [2.75, 3.05) is 0 Å². The third kappa shape index (κ3) is 5.64. The fourth-order valence-electron chi connectivity index (χ4n) is 13.0. The minimum atomic E-state index is 1.22. The summed E-state index contributed by atoms with van der Waals surface area (Å²) in [5, 5.41) is 28.0. The Morgan fingerprint density at radius 1 is 0.153 bits per heavy atom. The molecule has 0 aliphatic heterocycles. The van der Waals surface area contributed by atoms with Crippen LogP contribution >= 0.6 is 0 Å². The zero-order valence-corrected chi connectivity index (χ0v) is 39.2. The van der Waals surface area contributed by atoms with E-state index in [2.05, 4.69) is 255 Å². The average Bonchev–Trinajstić information content (AvgIpc) is 3.44. The van der Waals surface area contributed by atoms with Crippen molar-refractivity contribution >= 4 is 118 Å². The Hall–Kier alpha value is -9.36. The van der Waals surface area contributed by atoms with Gasteiger partial charge in [0.2, 0.25) is 0 Å². The van der Waals surface area contributed by atoms with Crippen LogP contribution in [0.15, 0.2) is 255 Å². The molecule has 0 bridgehead atoms. The average molecular weight is 907 g/mol. The van der Waals surface area contributed by atoms with Crippen molar-refractivity contribution in [2.45, 2.75) is 0 Å². The first-order valence-electron chi connectivity index (χ1n) is 25.1. The molecule has 0 atom stereocenters. The van der Waals surface area contributed by atoms with Crippen molar-refractivity contribution in [3.05, 3.63) is 255 Å². The predicted molar refractivity (Wildman–Crippen MR) is 312 cm³/mol. The minimum absolute atomic E-state index is 1.22. The maximum Gasteiger partial charge on any atom is -0.00141 e. The van der Waals surface area contributed by atoms with Gasteiger partial charge in [-0.3, -0.25) is 0 Å². The summed E-state index contributed by atoms with van der Waals surface area (Å²) in [6.07, 6.45) is 0. The molecule has 0 heteroatoms. The molecule has 330 valence electrons. The Morgan fingerprint density at radius 2 is 0.500 bits per heavy atom. The van der Waals surface area contributed by atoms with Crippen LogP contribution in [0.4, 0.5) is 0 Å². The highest BCUT2D eigenvalue weighted by molar-refractivity contribution is 6.33. The van der Waals surface area contributed by atoms with Crippen molar-refractivity contribution in [1.29, 1.82) is 0 Å². The molecule has 0 radical (unpaired) electrons. The zero-order valence-electron chi connectivity index (χ0n) is 39.2. The highest BCUT2D eigenvalue weighted by Crippen LogP contribution is 2.51. The number of benzene rings is 16. The maximum absolute atomic E-state index is 2.44. The van der Waals surface area contributed by atoms with Crippen LogP contribution < -0.4 is 0 Å². The monoisotopic (exact) mass is 906 g/mol. The van der Waals surface area contributed by atoms with E-state index in [1.807, 2.05) is 0 Å². The molecule has 16 aromatic rings. The van der Waals surface area contributed by atoms with Gasteiger partial charge in [-0.05, 0) is 181 Å². The molecule has 72 heavy (non-hydrogen) atoms. The predicted octanol–water partition coefficient (Wildman–Crippen LogP) is 20.5. The quantitative estimate of drug-likeness (QED) is 0.122. The lowest BCUT2D eigenvalue weighted by Gasteiger charge is -2.21. The van der Waals surface area contributed by atoms with E-state index in [1.165, 1.54) is 163 Å². The summed E-state index contributed by atoms with van der Waals surface area (Å²) in [7, 11) is 0. The summed E-state index contributed by atoms with van der Waals surface area (Å²) in [4.78, 5) is 0. The summed E-state index contributed by atoms with van der Waals surface area (Å²) in [5.41, 5.74) is 10.1. The van der Waals surface area contributed by atoms with Crippen LogP contribution in [-0.4, -0.2) is 0 Å². The van der Waals surface area contributed by atoms with Gasteiger partial charge >= 0.3 is 0 Å². The smallest absolute Gasteiger partial charge is 0.00141 e. The maximum atomic E-state index is 2.44. The normalized spacial score (nSPS) is 12.2. The Labute approximate surface area is 415 Å². The zero-order chi connectivity index (χ0) is 47.0. The first kappa shape index (κ1) is 39.5. The highest BCUT2D eigenvalue weighted by Gasteiger charge is 2.23. The van der Waals surface area contributed by atoms with Gasteiger partial charge < -0.3 is 0 Å². The van der Waals surface area contributed by atoms with Gasteiger partial charge in [0.15, 0.2) is 0 Å². The van der Waals surface area contributed by atoms with Crippen molar-refractivity contribution in [3.8, 4) is 44.5 Å². The lowest BCUT2D eigenvalue weighted by atomic mass is 9.81. The Kier molecular flexibility index (Phi) is 8.26. The molecular formula is C72H42. The Balaban J connectivity index is 0.935. The third-order valence-corrected chi connectivity index (χ3v) is 16.1. The van der Waals surface area contributed by atoms with E-state index in [1.54, 1.807) is 0 Å². The van der Waals surface area contributed by atoms with Gasteiger partial charge in [-0.2, -0.15) is 0 Å². The SMILES string of the molecule is c1ccc2cc(-c3c4ccccc4c(-c4ccc5cc(-c6c7ccccc7c(-c7ccc8ccc9cccc%10ccc7c8c9%10)c7ccc8ccccc8c67)ccc5c4)c4c3ccc3ccccc34)ccc2c1. The molecule has 0 aromatic heterocycles. The lowest BCUT2D eigenvalue weighted by Crippen LogP contribution is -1.94. The van der Waals surface area contributed by atoms with E-state index in [9.17, 15) is 0 Å². The molecule has 16 aromatic carbocycles. The van der Waals surface area contributed by atoms with Crippen LogP contribution in [-0.2, 0) is 0 Å². The summed E-state index contributed by atoms with van der Waals surface area (Å²) < 4.78 is 0. The second-order valence-electron chi connectivity index (χ2n) is 19.8. The summed E-state index contributed by atoms with van der Waals surface area (Å²) in [5.74, 6) is 0. The fraction of sp³-hybridized carbons (Fsp3) is 0. The van der Waals surface area contributed by atoms with E-state index < -0.39 is 0 Å². The second kappa shape index (κ2) is 15.1. The second-order valence-corrected chi connectivity index (χ2v) is 19.8. The molecule has 0 amide bonds. The van der Waals surface area contributed by atoms with Gasteiger partial charge in [0.1, 0.15) is 0 Å². The van der Waals surface area contributed by atoms with Crippen molar-refractivity contribution in [3.63, 3.8) is 0 Å². The van der Waals surface area contributed by atoms with Crippen LogP contribution in [0.25, 0.3) is 163 Å². The van der Waals surface area contributed by atoms with Gasteiger partial charge in [0.05, 0.1) is 0 Å². The van der Waals surface area contributed by atoms with Crippen molar-refractivity contribution in [2.24, 2.45) is 0 Å². The van der Waals surface area contributed by atoms with Gasteiger partial charge in [-0.1, -0.05) is 237 Å². The molecular weight excluding hydrogens is 865 g/mol. The molecule has 0 fully saturated rings. The van der Waals surface area contributed by atoms with Crippen LogP contribution in [0, 0.1) is 0 Å². The third-order valence-electron chi connectivity index (χ3n) is 16.1. The van der Waals surface area contributed by atoms with Crippen LogP contribution in [0.1, 0.15) is 0 Å². The molecule has 0 saturated heterocycles. The lowest BCUT2D eigenvalue weighted by molar-refractivity contribution is 1.68. The summed E-state index contributed by atoms with van der Waals surface area (Å²) in [6, 6.07) is 96.0. The molecule has 0 N–H and O–H groups in total. The van der Waals surface area contributed by atoms with E-state index in [0.29, 0.717) is 0 Å². The topological polar surface area (TPSA) is 0 Å². The summed E-state index contributed by atoms with van der Waals surface area (Å²) >= 11 is 0. The van der Waals surface area contributed by atoms with Gasteiger partial charge in [0, 0.05) is 0 Å². The van der Waals surface area contributed by atoms with E-state index in [-0.39, 0.29) is 0 Å². The Morgan fingerprint density at radius 3 is 1.08 bits per heavy atom. The molecule has 0 unspecified atom stereocenters. The molecule has 0 aliphatic carbocycles. The highest BCUT2D eigenvalue weighted by atomic mass is 14.3. The molecule has 16 rings (SSSR count). The van der Waals surface area contributed by atoms with Gasteiger partial charge in [-0.25, -0.2) is 0 Å². The van der Waals surface area contributed by atoms with Crippen LogP contribution in [0.2, 0.25) is 0 Å². The van der Waals surface area contributed by atoms with Crippen molar-refractivity contribution in [1.82, 2.24) is 0 Å². The number of rotatable bonds is 4. The first-order valence-corrected chi connectivity index (χ1v) is 25.1. The largest absolute Gasteiger partial charge is 0.0616 e. The standard InChI is InChI=1S/C72H42/c1-2-15-49-40-52(29-24-43(49)12-1)66-57-20-7-8-21-58(57)68(71-55-18-5-3-13-44(55)32-38-63(66)71)53-30-27-51-42-54(31-28-50(51)41-53)69-59-22-9-10-23-60(59)70(64-39-33-45-14-4-6-19-56(45)72(64)69)62-37-35-48-26-25-46-16-11-17-47-34-36-61(62)67(48)65(46)47/h1-42H. The van der Waals surface area contributed by atoms with Crippen LogP contribution in [0.3, 0.4) is 0 Å². The van der Waals surface area contributed by atoms with E-state index in [4.69, 9.17) is 0 Å². The summed E-state index contributed by atoms with van der Waals surface area (Å²) in [6.45, 7) is 0. The molecule has 0 heterocycles. The first-order chi connectivity index (χ1) is 35.7. The molecule has 0 aliphatic rings.